The minimum absolute atomic E-state index is 0.0659. The Morgan fingerprint density at radius 2 is 1.82 bits per heavy atom. The molecule has 178 valence electrons. The van der Waals surface area contributed by atoms with E-state index in [2.05, 4.69) is 37.0 Å². The van der Waals surface area contributed by atoms with Crippen molar-refractivity contribution >= 4 is 17.5 Å². The van der Waals surface area contributed by atoms with Gasteiger partial charge in [-0.1, -0.05) is 19.8 Å². The SMILES string of the molecule is CCN1CCN(c2ccc(Nc3ncc(F)c(-c4ccc(=O)n(C5CCCC5)c4)n3)nc2)CC1. The van der Waals surface area contributed by atoms with Crippen LogP contribution in [0.3, 0.4) is 0 Å². The van der Waals surface area contributed by atoms with Gasteiger partial charge in [0.1, 0.15) is 11.5 Å². The molecule has 1 N–H and O–H groups in total. The highest BCUT2D eigenvalue weighted by Crippen LogP contribution is 2.30. The topological polar surface area (TPSA) is 79.2 Å². The van der Waals surface area contributed by atoms with E-state index in [1.807, 2.05) is 18.3 Å². The molecule has 0 amide bonds. The van der Waals surface area contributed by atoms with Gasteiger partial charge in [-0.3, -0.25) is 4.79 Å². The van der Waals surface area contributed by atoms with Crippen molar-refractivity contribution in [1.82, 2.24) is 24.4 Å². The summed E-state index contributed by atoms with van der Waals surface area (Å²) in [5.41, 5.74) is 1.73. The maximum absolute atomic E-state index is 14.7. The van der Waals surface area contributed by atoms with Crippen LogP contribution in [0.25, 0.3) is 11.3 Å². The highest BCUT2D eigenvalue weighted by atomic mass is 19.1. The summed E-state index contributed by atoms with van der Waals surface area (Å²) >= 11 is 0. The van der Waals surface area contributed by atoms with Gasteiger partial charge in [0, 0.05) is 50.0 Å². The number of likely N-dealkylation sites (N-methyl/N-ethyl adjacent to an activating group) is 1. The summed E-state index contributed by atoms with van der Waals surface area (Å²) in [5.74, 6) is 0.313. The van der Waals surface area contributed by atoms with E-state index in [0.717, 1.165) is 70.3 Å². The van der Waals surface area contributed by atoms with Gasteiger partial charge in [0.25, 0.3) is 5.56 Å². The largest absolute Gasteiger partial charge is 0.368 e. The van der Waals surface area contributed by atoms with Gasteiger partial charge in [0.15, 0.2) is 5.82 Å². The fourth-order valence-corrected chi connectivity index (χ4v) is 4.83. The number of pyridine rings is 2. The van der Waals surface area contributed by atoms with Gasteiger partial charge >= 0.3 is 0 Å². The van der Waals surface area contributed by atoms with Crippen LogP contribution in [0.1, 0.15) is 38.6 Å². The Morgan fingerprint density at radius 1 is 1.03 bits per heavy atom. The molecule has 1 aliphatic carbocycles. The molecule has 9 heteroatoms. The molecule has 0 radical (unpaired) electrons. The van der Waals surface area contributed by atoms with E-state index in [9.17, 15) is 9.18 Å². The van der Waals surface area contributed by atoms with Crippen molar-refractivity contribution in [2.24, 2.45) is 0 Å². The molecule has 0 bridgehead atoms. The van der Waals surface area contributed by atoms with Gasteiger partial charge in [0.2, 0.25) is 5.95 Å². The lowest BCUT2D eigenvalue weighted by atomic mass is 10.1. The average Bonchev–Trinajstić information content (AvgIpc) is 3.41. The lowest BCUT2D eigenvalue weighted by Crippen LogP contribution is -2.46. The Kier molecular flexibility index (Phi) is 6.53. The van der Waals surface area contributed by atoms with Crippen molar-refractivity contribution in [2.75, 3.05) is 42.9 Å². The van der Waals surface area contributed by atoms with Gasteiger partial charge in [-0.25, -0.2) is 19.3 Å². The molecule has 0 atom stereocenters. The molecule has 2 fully saturated rings. The number of aromatic nitrogens is 4. The molecule has 8 nitrogen and oxygen atoms in total. The first-order valence-electron chi connectivity index (χ1n) is 12.1. The molecule has 34 heavy (non-hydrogen) atoms. The maximum atomic E-state index is 14.7. The molecule has 1 saturated carbocycles. The minimum atomic E-state index is -0.531. The lowest BCUT2D eigenvalue weighted by molar-refractivity contribution is 0.271. The van der Waals surface area contributed by atoms with Crippen molar-refractivity contribution in [2.45, 2.75) is 38.6 Å². The van der Waals surface area contributed by atoms with Crippen LogP contribution < -0.4 is 15.8 Å². The highest BCUT2D eigenvalue weighted by molar-refractivity contribution is 5.61. The second-order valence-corrected chi connectivity index (χ2v) is 8.94. The summed E-state index contributed by atoms with van der Waals surface area (Å²) < 4.78 is 16.4. The third-order valence-electron chi connectivity index (χ3n) is 6.85. The van der Waals surface area contributed by atoms with Crippen molar-refractivity contribution in [3.63, 3.8) is 0 Å². The van der Waals surface area contributed by atoms with Crippen LogP contribution in [-0.2, 0) is 0 Å². The summed E-state index contributed by atoms with van der Waals surface area (Å²) in [6.45, 7) is 7.34. The van der Waals surface area contributed by atoms with E-state index >= 15 is 0 Å². The number of halogens is 1. The summed E-state index contributed by atoms with van der Waals surface area (Å²) in [6, 6.07) is 7.19. The molecule has 3 aromatic heterocycles. The van der Waals surface area contributed by atoms with Crippen LogP contribution in [-0.4, -0.2) is 57.1 Å². The quantitative estimate of drug-likeness (QED) is 0.595. The van der Waals surface area contributed by atoms with Gasteiger partial charge in [-0.15, -0.1) is 0 Å². The molecule has 2 aliphatic rings. The summed E-state index contributed by atoms with van der Waals surface area (Å²) in [7, 11) is 0. The number of anilines is 3. The summed E-state index contributed by atoms with van der Waals surface area (Å²) in [6.07, 6.45) is 8.87. The predicted molar refractivity (Wildman–Crippen MR) is 131 cm³/mol. The van der Waals surface area contributed by atoms with Gasteiger partial charge in [-0.05, 0) is 37.6 Å². The van der Waals surface area contributed by atoms with Crippen LogP contribution in [0, 0.1) is 5.82 Å². The first-order chi connectivity index (χ1) is 16.6. The van der Waals surface area contributed by atoms with Crippen LogP contribution in [0.5, 0.6) is 0 Å². The second-order valence-electron chi connectivity index (χ2n) is 8.94. The third-order valence-corrected chi connectivity index (χ3v) is 6.85. The molecule has 1 saturated heterocycles. The zero-order chi connectivity index (χ0) is 23.5. The highest BCUT2D eigenvalue weighted by Gasteiger charge is 2.20. The molecular formula is C25H30FN7O. The monoisotopic (exact) mass is 463 g/mol. The average molecular weight is 464 g/mol. The van der Waals surface area contributed by atoms with Gasteiger partial charge < -0.3 is 19.7 Å². The molecule has 0 unspecified atom stereocenters. The Morgan fingerprint density at radius 3 is 2.53 bits per heavy atom. The number of hydrogen-bond acceptors (Lipinski definition) is 7. The van der Waals surface area contributed by atoms with E-state index in [4.69, 9.17) is 0 Å². The van der Waals surface area contributed by atoms with E-state index in [1.165, 1.54) is 6.07 Å². The first-order valence-corrected chi connectivity index (χ1v) is 12.1. The number of hydrogen-bond donors (Lipinski definition) is 1. The molecule has 5 rings (SSSR count). The van der Waals surface area contributed by atoms with E-state index in [0.29, 0.717) is 11.4 Å². The van der Waals surface area contributed by atoms with E-state index in [1.54, 1.807) is 16.8 Å². The number of rotatable bonds is 6. The Bertz CT molecular complexity index is 1180. The van der Waals surface area contributed by atoms with E-state index in [-0.39, 0.29) is 23.2 Å². The number of piperazine rings is 1. The van der Waals surface area contributed by atoms with Crippen molar-refractivity contribution in [3.8, 4) is 11.3 Å². The molecule has 1 aliphatic heterocycles. The summed E-state index contributed by atoms with van der Waals surface area (Å²) in [5, 5.41) is 3.07. The lowest BCUT2D eigenvalue weighted by Gasteiger charge is -2.35. The maximum Gasteiger partial charge on any atom is 0.250 e. The molecule has 0 aromatic carbocycles. The second kappa shape index (κ2) is 9.89. The minimum Gasteiger partial charge on any atom is -0.368 e. The van der Waals surface area contributed by atoms with Crippen molar-refractivity contribution < 1.29 is 4.39 Å². The first kappa shape index (κ1) is 22.5. The number of nitrogens with zero attached hydrogens (tertiary/aromatic N) is 6. The molecule has 4 heterocycles. The fraction of sp³-hybridized carbons (Fsp3) is 0.440. The van der Waals surface area contributed by atoms with Crippen LogP contribution >= 0.6 is 0 Å². The summed E-state index contributed by atoms with van der Waals surface area (Å²) in [4.78, 5) is 30.1. The Hall–Kier alpha value is -3.33. The van der Waals surface area contributed by atoms with Crippen LogP contribution in [0.2, 0.25) is 0 Å². The Labute approximate surface area is 198 Å². The molecule has 0 spiro atoms. The molecular weight excluding hydrogens is 433 g/mol. The normalized spacial score (nSPS) is 17.3. The third kappa shape index (κ3) is 4.79. The van der Waals surface area contributed by atoms with Crippen molar-refractivity contribution in [1.29, 1.82) is 0 Å². The van der Waals surface area contributed by atoms with Crippen LogP contribution in [0.4, 0.5) is 21.8 Å². The zero-order valence-corrected chi connectivity index (χ0v) is 19.5. The van der Waals surface area contributed by atoms with E-state index < -0.39 is 5.82 Å². The van der Waals surface area contributed by atoms with Crippen LogP contribution in [0.15, 0.2) is 47.7 Å². The zero-order valence-electron chi connectivity index (χ0n) is 19.5. The standard InChI is InChI=1S/C25H30FN7O/c1-2-31-11-13-32(14-12-31)20-8-9-22(27-15-20)29-25-28-16-21(26)24(30-25)18-7-10-23(34)33(17-18)19-5-3-4-6-19/h7-10,15-17,19H,2-6,11-14H2,1H3,(H,27,28,29,30). The molecule has 3 aromatic rings. The smallest absolute Gasteiger partial charge is 0.250 e. The number of nitrogens with one attached hydrogen (secondary N) is 1. The van der Waals surface area contributed by atoms with Gasteiger partial charge in [-0.2, -0.15) is 0 Å². The predicted octanol–water partition coefficient (Wildman–Crippen LogP) is 3.84. The Balaban J connectivity index is 1.33. The van der Waals surface area contributed by atoms with Gasteiger partial charge in [0.05, 0.1) is 18.1 Å². The van der Waals surface area contributed by atoms with Crippen molar-refractivity contribution in [3.05, 3.63) is 59.0 Å². The fourth-order valence-electron chi connectivity index (χ4n) is 4.83.